The van der Waals surface area contributed by atoms with Gasteiger partial charge in [-0.1, -0.05) is 0 Å². The summed E-state index contributed by atoms with van der Waals surface area (Å²) in [6.07, 6.45) is 4.89. The van der Waals surface area contributed by atoms with Gasteiger partial charge in [-0.05, 0) is 49.4 Å². The van der Waals surface area contributed by atoms with Gasteiger partial charge in [0.2, 0.25) is 5.88 Å². The predicted molar refractivity (Wildman–Crippen MR) is 111 cm³/mol. The van der Waals surface area contributed by atoms with Crippen LogP contribution >= 0.6 is 0 Å². The molecule has 0 atom stereocenters. The van der Waals surface area contributed by atoms with Gasteiger partial charge in [0, 0.05) is 29.7 Å². The minimum atomic E-state index is -0.603. The molecule has 0 fully saturated rings. The number of hydrogen-bond donors (Lipinski definition) is 1. The number of anilines is 1. The molecule has 156 valence electrons. The molecule has 2 aromatic carbocycles. The third-order valence-corrected chi connectivity index (χ3v) is 4.45. The molecule has 0 aliphatic rings. The van der Waals surface area contributed by atoms with E-state index >= 15 is 0 Å². The van der Waals surface area contributed by atoms with Gasteiger partial charge in [0.25, 0.3) is 5.91 Å². The summed E-state index contributed by atoms with van der Waals surface area (Å²) in [5.41, 5.74) is 0.716. The first-order chi connectivity index (χ1) is 15.0. The number of carbonyl (C=O) groups is 1. The molecule has 1 amide bonds. The Morgan fingerprint density at radius 2 is 1.87 bits per heavy atom. The number of ether oxygens (including phenoxy) is 2. The number of nitrogens with one attached hydrogen (secondary N) is 1. The Kier molecular flexibility index (Phi) is 5.57. The van der Waals surface area contributed by atoms with Crippen LogP contribution in [0.25, 0.3) is 5.82 Å². The van der Waals surface area contributed by atoms with E-state index < -0.39 is 11.7 Å². The van der Waals surface area contributed by atoms with Crippen LogP contribution in [0.3, 0.4) is 0 Å². The van der Waals surface area contributed by atoms with Crippen molar-refractivity contribution in [3.8, 4) is 23.2 Å². The fraction of sp³-hybridized carbons (Fsp3) is 0.0909. The monoisotopic (exact) mass is 419 g/mol. The van der Waals surface area contributed by atoms with Gasteiger partial charge in [-0.2, -0.15) is 0 Å². The van der Waals surface area contributed by atoms with Gasteiger partial charge in [0.05, 0.1) is 7.11 Å². The molecule has 0 saturated heterocycles. The van der Waals surface area contributed by atoms with E-state index in [2.05, 4.69) is 20.3 Å². The summed E-state index contributed by atoms with van der Waals surface area (Å²) < 4.78 is 26.3. The highest BCUT2D eigenvalue weighted by atomic mass is 19.1. The van der Waals surface area contributed by atoms with Crippen LogP contribution in [0.5, 0.6) is 17.4 Å². The number of amides is 1. The SMILES string of the molecule is COc1ccc(C(=O)Nc2ccc(Oc3cc(-n4ccnc4C)ncn3)cc2)cc1F. The van der Waals surface area contributed by atoms with E-state index in [0.717, 1.165) is 11.9 Å². The Labute approximate surface area is 177 Å². The van der Waals surface area contributed by atoms with Crippen LogP contribution < -0.4 is 14.8 Å². The molecule has 4 rings (SSSR count). The Balaban J connectivity index is 1.43. The topological polar surface area (TPSA) is 91.2 Å². The summed E-state index contributed by atoms with van der Waals surface area (Å²) in [4.78, 5) is 24.9. The van der Waals surface area contributed by atoms with Crippen molar-refractivity contribution in [1.82, 2.24) is 19.5 Å². The third kappa shape index (κ3) is 4.50. The maximum Gasteiger partial charge on any atom is 0.255 e. The average molecular weight is 419 g/mol. The molecule has 31 heavy (non-hydrogen) atoms. The van der Waals surface area contributed by atoms with Gasteiger partial charge >= 0.3 is 0 Å². The number of hydrogen-bond acceptors (Lipinski definition) is 6. The van der Waals surface area contributed by atoms with Crippen molar-refractivity contribution in [3.05, 3.63) is 84.5 Å². The van der Waals surface area contributed by atoms with E-state index in [0.29, 0.717) is 23.1 Å². The first-order valence-electron chi connectivity index (χ1n) is 9.28. The van der Waals surface area contributed by atoms with E-state index in [9.17, 15) is 9.18 Å². The molecule has 0 spiro atoms. The van der Waals surface area contributed by atoms with Crippen molar-refractivity contribution in [1.29, 1.82) is 0 Å². The van der Waals surface area contributed by atoms with Crippen LogP contribution in [0.4, 0.5) is 10.1 Å². The predicted octanol–water partition coefficient (Wildman–Crippen LogP) is 4.16. The first-order valence-corrected chi connectivity index (χ1v) is 9.28. The lowest BCUT2D eigenvalue weighted by molar-refractivity contribution is 0.102. The fourth-order valence-electron chi connectivity index (χ4n) is 2.88. The Bertz CT molecular complexity index is 1220. The standard InChI is InChI=1S/C22H18FN5O3/c1-14-24-9-10-28(14)20-12-21(26-13-25-20)31-17-6-4-16(5-7-17)27-22(29)15-3-8-19(30-2)18(23)11-15/h3-13H,1-2H3,(H,27,29). The Morgan fingerprint density at radius 1 is 1.06 bits per heavy atom. The van der Waals surface area contributed by atoms with Crippen LogP contribution in [-0.2, 0) is 0 Å². The maximum absolute atomic E-state index is 13.8. The third-order valence-electron chi connectivity index (χ3n) is 4.45. The molecule has 0 saturated carbocycles. The highest BCUT2D eigenvalue weighted by molar-refractivity contribution is 6.04. The zero-order valence-corrected chi connectivity index (χ0v) is 16.7. The lowest BCUT2D eigenvalue weighted by atomic mass is 10.2. The zero-order chi connectivity index (χ0) is 21.8. The highest BCUT2D eigenvalue weighted by Crippen LogP contribution is 2.23. The van der Waals surface area contributed by atoms with Gasteiger partial charge in [-0.15, -0.1) is 0 Å². The molecule has 0 unspecified atom stereocenters. The molecule has 0 aliphatic carbocycles. The van der Waals surface area contributed by atoms with E-state index in [-0.39, 0.29) is 11.3 Å². The summed E-state index contributed by atoms with van der Waals surface area (Å²) in [6.45, 7) is 1.87. The fourth-order valence-corrected chi connectivity index (χ4v) is 2.88. The smallest absolute Gasteiger partial charge is 0.255 e. The van der Waals surface area contributed by atoms with Crippen molar-refractivity contribution in [2.75, 3.05) is 12.4 Å². The summed E-state index contributed by atoms with van der Waals surface area (Å²) in [7, 11) is 1.36. The molecule has 0 bridgehead atoms. The Hall–Kier alpha value is -4.27. The number of aromatic nitrogens is 4. The van der Waals surface area contributed by atoms with Crippen molar-refractivity contribution < 1.29 is 18.7 Å². The molecule has 8 nitrogen and oxygen atoms in total. The second kappa shape index (κ2) is 8.62. The number of halogens is 1. The molecular weight excluding hydrogens is 401 g/mol. The second-order valence-corrected chi connectivity index (χ2v) is 6.49. The number of methoxy groups -OCH3 is 1. The van der Waals surface area contributed by atoms with Gasteiger partial charge < -0.3 is 14.8 Å². The lowest BCUT2D eigenvalue weighted by Gasteiger charge is -2.09. The number of imidazole rings is 1. The van der Waals surface area contributed by atoms with Crippen molar-refractivity contribution in [2.24, 2.45) is 0 Å². The summed E-state index contributed by atoms with van der Waals surface area (Å²) >= 11 is 0. The minimum Gasteiger partial charge on any atom is -0.494 e. The summed E-state index contributed by atoms with van der Waals surface area (Å²) in [6, 6.07) is 12.4. The maximum atomic E-state index is 13.8. The number of nitrogens with zero attached hydrogens (tertiary/aromatic N) is 4. The normalized spacial score (nSPS) is 10.5. The van der Waals surface area contributed by atoms with Gasteiger partial charge in [-0.25, -0.2) is 19.3 Å². The minimum absolute atomic E-state index is 0.0779. The molecule has 9 heteroatoms. The number of aryl methyl sites for hydroxylation is 1. The molecular formula is C22H18FN5O3. The average Bonchev–Trinajstić information content (AvgIpc) is 3.21. The van der Waals surface area contributed by atoms with Crippen molar-refractivity contribution >= 4 is 11.6 Å². The van der Waals surface area contributed by atoms with E-state index in [1.165, 1.54) is 25.6 Å². The van der Waals surface area contributed by atoms with E-state index in [1.807, 2.05) is 11.5 Å². The van der Waals surface area contributed by atoms with Crippen LogP contribution in [0.15, 0.2) is 67.3 Å². The van der Waals surface area contributed by atoms with E-state index in [4.69, 9.17) is 9.47 Å². The number of benzene rings is 2. The quantitative estimate of drug-likeness (QED) is 0.505. The van der Waals surface area contributed by atoms with Crippen LogP contribution in [0, 0.1) is 12.7 Å². The number of carbonyl (C=O) groups excluding carboxylic acids is 1. The highest BCUT2D eigenvalue weighted by Gasteiger charge is 2.11. The van der Waals surface area contributed by atoms with Gasteiger partial charge in [0.15, 0.2) is 11.6 Å². The first kappa shape index (κ1) is 20.0. The lowest BCUT2D eigenvalue weighted by Crippen LogP contribution is -2.12. The van der Waals surface area contributed by atoms with Crippen molar-refractivity contribution in [2.45, 2.75) is 6.92 Å². The molecule has 0 aliphatic heterocycles. The molecule has 1 N–H and O–H groups in total. The van der Waals surface area contributed by atoms with Crippen LogP contribution in [0.2, 0.25) is 0 Å². The zero-order valence-electron chi connectivity index (χ0n) is 16.7. The van der Waals surface area contributed by atoms with E-state index in [1.54, 1.807) is 42.7 Å². The van der Waals surface area contributed by atoms with Gasteiger partial charge in [-0.3, -0.25) is 9.36 Å². The van der Waals surface area contributed by atoms with Crippen LogP contribution in [-0.4, -0.2) is 32.5 Å². The van der Waals surface area contributed by atoms with Gasteiger partial charge in [0.1, 0.15) is 23.7 Å². The summed E-state index contributed by atoms with van der Waals surface area (Å²) in [5, 5.41) is 2.71. The summed E-state index contributed by atoms with van der Waals surface area (Å²) in [5.74, 6) is 1.36. The number of rotatable bonds is 6. The molecule has 2 heterocycles. The second-order valence-electron chi connectivity index (χ2n) is 6.49. The van der Waals surface area contributed by atoms with Crippen LogP contribution in [0.1, 0.15) is 16.2 Å². The molecule has 2 aromatic heterocycles. The molecule has 4 aromatic rings. The Morgan fingerprint density at radius 3 is 2.55 bits per heavy atom. The van der Waals surface area contributed by atoms with Crippen molar-refractivity contribution in [3.63, 3.8) is 0 Å². The largest absolute Gasteiger partial charge is 0.494 e. The molecule has 0 radical (unpaired) electrons.